The van der Waals surface area contributed by atoms with E-state index in [1.54, 1.807) is 7.11 Å². The van der Waals surface area contributed by atoms with Crippen molar-refractivity contribution in [3.8, 4) is 0 Å². The largest absolute Gasteiger partial charge is 0.385 e. The summed E-state index contributed by atoms with van der Waals surface area (Å²) < 4.78 is 6.98. The number of amides is 1. The smallest absolute Gasteiger partial charge is 0.224 e. The molecule has 1 aliphatic heterocycles. The summed E-state index contributed by atoms with van der Waals surface area (Å²) >= 11 is 0. The second-order valence-electron chi connectivity index (χ2n) is 5.90. The normalized spacial score (nSPS) is 19.0. The average Bonchev–Trinajstić information content (AvgIpc) is 2.91. The molecule has 0 radical (unpaired) electrons. The van der Waals surface area contributed by atoms with E-state index < -0.39 is 0 Å². The summed E-state index contributed by atoms with van der Waals surface area (Å²) in [5.74, 6) is 0.269. The molecule has 0 saturated carbocycles. The van der Waals surface area contributed by atoms with Gasteiger partial charge in [0.2, 0.25) is 5.91 Å². The molecular formula is C16H27N3O2. The van der Waals surface area contributed by atoms with Gasteiger partial charge in [0.05, 0.1) is 6.20 Å². The molecule has 1 fully saturated rings. The van der Waals surface area contributed by atoms with E-state index in [-0.39, 0.29) is 5.91 Å². The molecule has 0 unspecified atom stereocenters. The van der Waals surface area contributed by atoms with Gasteiger partial charge in [-0.3, -0.25) is 9.48 Å². The third kappa shape index (κ3) is 4.84. The van der Waals surface area contributed by atoms with Crippen molar-refractivity contribution in [2.24, 2.45) is 0 Å². The highest BCUT2D eigenvalue weighted by atomic mass is 16.5. The minimum absolute atomic E-state index is 0.269. The fraction of sp³-hybridized carbons (Fsp3) is 0.750. The van der Waals surface area contributed by atoms with Gasteiger partial charge in [-0.15, -0.1) is 0 Å². The molecule has 0 aliphatic carbocycles. The Hall–Kier alpha value is -1.36. The Kier molecular flexibility index (Phi) is 6.23. The molecule has 1 saturated heterocycles. The number of methoxy groups -OCH3 is 1. The first-order valence-corrected chi connectivity index (χ1v) is 7.98. The van der Waals surface area contributed by atoms with Crippen LogP contribution >= 0.6 is 0 Å². The molecule has 1 aromatic rings. The molecule has 2 rings (SSSR count). The van der Waals surface area contributed by atoms with E-state index in [9.17, 15) is 4.79 Å². The minimum atomic E-state index is 0.269. The Balaban J connectivity index is 1.82. The summed E-state index contributed by atoms with van der Waals surface area (Å²) in [5, 5.41) is 4.24. The number of ether oxygens (including phenoxy) is 1. The maximum absolute atomic E-state index is 12.5. The average molecular weight is 293 g/mol. The van der Waals surface area contributed by atoms with E-state index in [2.05, 4.69) is 10.00 Å². The van der Waals surface area contributed by atoms with Crippen molar-refractivity contribution in [2.75, 3.05) is 20.3 Å². The number of piperidine rings is 1. The minimum Gasteiger partial charge on any atom is -0.385 e. The molecule has 1 aliphatic rings. The number of aromatic nitrogens is 2. The Morgan fingerprint density at radius 2 is 2.33 bits per heavy atom. The highest BCUT2D eigenvalue weighted by Gasteiger charge is 2.25. The quantitative estimate of drug-likeness (QED) is 0.725. The first-order chi connectivity index (χ1) is 10.2. The second-order valence-corrected chi connectivity index (χ2v) is 5.90. The van der Waals surface area contributed by atoms with Crippen LogP contribution in [0.25, 0.3) is 0 Å². The summed E-state index contributed by atoms with van der Waals surface area (Å²) in [4.78, 5) is 14.6. The summed E-state index contributed by atoms with van der Waals surface area (Å²) in [7, 11) is 1.73. The van der Waals surface area contributed by atoms with E-state index in [1.165, 1.54) is 6.42 Å². The lowest BCUT2D eigenvalue weighted by Gasteiger charge is -2.36. The molecule has 0 spiro atoms. The summed E-state index contributed by atoms with van der Waals surface area (Å²) in [6, 6.07) is 0.403. The van der Waals surface area contributed by atoms with Crippen LogP contribution in [0.5, 0.6) is 0 Å². The zero-order chi connectivity index (χ0) is 15.1. The molecular weight excluding hydrogens is 266 g/mol. The molecule has 0 aromatic carbocycles. The van der Waals surface area contributed by atoms with E-state index in [0.717, 1.165) is 44.4 Å². The van der Waals surface area contributed by atoms with Gasteiger partial charge >= 0.3 is 0 Å². The molecule has 1 aromatic heterocycles. The molecule has 5 nitrogen and oxygen atoms in total. The van der Waals surface area contributed by atoms with Gasteiger partial charge in [-0.25, -0.2) is 0 Å². The number of carbonyl (C=O) groups excluding carboxylic acids is 1. The van der Waals surface area contributed by atoms with Crippen molar-refractivity contribution < 1.29 is 9.53 Å². The highest BCUT2D eigenvalue weighted by Crippen LogP contribution is 2.21. The van der Waals surface area contributed by atoms with Crippen LogP contribution in [0.2, 0.25) is 0 Å². The molecule has 5 heteroatoms. The first kappa shape index (κ1) is 16.0. The predicted molar refractivity (Wildman–Crippen MR) is 82.0 cm³/mol. The van der Waals surface area contributed by atoms with Crippen LogP contribution in [0.15, 0.2) is 12.4 Å². The van der Waals surface area contributed by atoms with Crippen molar-refractivity contribution in [1.29, 1.82) is 0 Å². The van der Waals surface area contributed by atoms with Gasteiger partial charge in [0.1, 0.15) is 0 Å². The fourth-order valence-electron chi connectivity index (χ4n) is 3.04. The van der Waals surface area contributed by atoms with Crippen LogP contribution in [0.3, 0.4) is 0 Å². The van der Waals surface area contributed by atoms with Crippen molar-refractivity contribution in [2.45, 2.75) is 58.0 Å². The van der Waals surface area contributed by atoms with Crippen molar-refractivity contribution >= 4 is 5.91 Å². The van der Waals surface area contributed by atoms with Gasteiger partial charge in [-0.05, 0) is 44.6 Å². The van der Waals surface area contributed by atoms with Gasteiger partial charge in [-0.1, -0.05) is 0 Å². The number of nitrogens with zero attached hydrogens (tertiary/aromatic N) is 3. The third-order valence-corrected chi connectivity index (χ3v) is 4.15. The molecule has 2 heterocycles. The number of hydrogen-bond acceptors (Lipinski definition) is 3. The predicted octanol–water partition coefficient (Wildman–Crippen LogP) is 2.39. The highest BCUT2D eigenvalue weighted by molar-refractivity contribution is 5.76. The summed E-state index contributed by atoms with van der Waals surface area (Å²) in [6.07, 6.45) is 9.95. The van der Waals surface area contributed by atoms with Crippen LogP contribution in [-0.4, -0.2) is 46.9 Å². The molecule has 0 bridgehead atoms. The van der Waals surface area contributed by atoms with Gasteiger partial charge in [0.25, 0.3) is 0 Å². The standard InChI is InChI=1S/C16H27N3O2/c1-14-12-17-18(13-14)10-8-16(20)19-9-4-3-6-15(19)7-5-11-21-2/h12-13,15H,3-11H2,1-2H3/t15-/m1/s1. The number of aryl methyl sites for hydroxylation is 2. The Bertz CT molecular complexity index is 444. The number of hydrogen-bond donors (Lipinski definition) is 0. The van der Waals surface area contributed by atoms with Crippen molar-refractivity contribution in [3.63, 3.8) is 0 Å². The lowest BCUT2D eigenvalue weighted by atomic mass is 9.97. The second kappa shape index (κ2) is 8.17. The summed E-state index contributed by atoms with van der Waals surface area (Å²) in [6.45, 7) is 4.38. The van der Waals surface area contributed by atoms with Gasteiger partial charge in [0, 0.05) is 45.5 Å². The zero-order valence-electron chi connectivity index (χ0n) is 13.3. The lowest BCUT2D eigenvalue weighted by molar-refractivity contribution is -0.135. The maximum Gasteiger partial charge on any atom is 0.224 e. The lowest BCUT2D eigenvalue weighted by Crippen LogP contribution is -2.44. The SMILES string of the molecule is COCCC[C@H]1CCCCN1C(=O)CCn1cc(C)cn1. The van der Waals surface area contributed by atoms with Crippen LogP contribution in [0, 0.1) is 6.92 Å². The Labute approximate surface area is 127 Å². The topological polar surface area (TPSA) is 47.4 Å². The zero-order valence-corrected chi connectivity index (χ0v) is 13.3. The van der Waals surface area contributed by atoms with Crippen LogP contribution in [0.1, 0.15) is 44.1 Å². The molecule has 1 atom stereocenters. The van der Waals surface area contributed by atoms with E-state index in [4.69, 9.17) is 4.74 Å². The molecule has 118 valence electrons. The van der Waals surface area contributed by atoms with Crippen molar-refractivity contribution in [1.82, 2.24) is 14.7 Å². The third-order valence-electron chi connectivity index (χ3n) is 4.15. The summed E-state index contributed by atoms with van der Waals surface area (Å²) in [5.41, 5.74) is 1.14. The Morgan fingerprint density at radius 1 is 1.48 bits per heavy atom. The maximum atomic E-state index is 12.5. The monoisotopic (exact) mass is 293 g/mol. The van der Waals surface area contributed by atoms with Gasteiger partial charge < -0.3 is 9.64 Å². The van der Waals surface area contributed by atoms with E-state index >= 15 is 0 Å². The van der Waals surface area contributed by atoms with Gasteiger partial charge in [-0.2, -0.15) is 5.10 Å². The molecule has 1 amide bonds. The van der Waals surface area contributed by atoms with Crippen molar-refractivity contribution in [3.05, 3.63) is 18.0 Å². The van der Waals surface area contributed by atoms with Crippen LogP contribution < -0.4 is 0 Å². The first-order valence-electron chi connectivity index (χ1n) is 7.98. The van der Waals surface area contributed by atoms with E-state index in [0.29, 0.717) is 19.0 Å². The fourth-order valence-corrected chi connectivity index (χ4v) is 3.04. The van der Waals surface area contributed by atoms with Crippen LogP contribution in [-0.2, 0) is 16.1 Å². The van der Waals surface area contributed by atoms with Crippen LogP contribution in [0.4, 0.5) is 0 Å². The van der Waals surface area contributed by atoms with Gasteiger partial charge in [0.15, 0.2) is 0 Å². The Morgan fingerprint density at radius 3 is 3.05 bits per heavy atom. The number of rotatable bonds is 7. The number of carbonyl (C=O) groups is 1. The van der Waals surface area contributed by atoms with E-state index in [1.807, 2.05) is 24.0 Å². The molecule has 0 N–H and O–H groups in total. The number of likely N-dealkylation sites (tertiary alicyclic amines) is 1. The molecule has 21 heavy (non-hydrogen) atoms.